The molecule has 0 radical (unpaired) electrons. The quantitative estimate of drug-likeness (QED) is 0.856. The van der Waals surface area contributed by atoms with E-state index in [1.165, 1.54) is 18.9 Å². The first-order valence-electron chi connectivity index (χ1n) is 6.55. The Morgan fingerprint density at radius 2 is 2.24 bits per heavy atom. The SMILES string of the molecule is COc1ccc(OC)c(NC(=O)C[C@@H]2SCCNC2=O)c1. The third kappa shape index (κ3) is 4.04. The molecule has 1 saturated heterocycles. The van der Waals surface area contributed by atoms with E-state index in [-0.39, 0.29) is 23.5 Å². The van der Waals surface area contributed by atoms with Crippen LogP contribution in [0.2, 0.25) is 0 Å². The molecular weight excluding hydrogens is 292 g/mol. The largest absolute Gasteiger partial charge is 0.497 e. The first-order valence-corrected chi connectivity index (χ1v) is 7.60. The number of nitrogens with one attached hydrogen (secondary N) is 2. The monoisotopic (exact) mass is 310 g/mol. The van der Waals surface area contributed by atoms with Crippen molar-refractivity contribution in [1.29, 1.82) is 0 Å². The van der Waals surface area contributed by atoms with E-state index < -0.39 is 0 Å². The number of amides is 2. The fourth-order valence-corrected chi connectivity index (χ4v) is 3.01. The summed E-state index contributed by atoms with van der Waals surface area (Å²) in [5, 5.41) is 5.19. The Kier molecular flexibility index (Phi) is 5.32. The molecule has 1 fully saturated rings. The smallest absolute Gasteiger partial charge is 0.233 e. The Labute approximate surface area is 127 Å². The highest BCUT2D eigenvalue weighted by atomic mass is 32.2. The molecule has 0 unspecified atom stereocenters. The van der Waals surface area contributed by atoms with Crippen molar-refractivity contribution in [3.8, 4) is 11.5 Å². The van der Waals surface area contributed by atoms with Crippen molar-refractivity contribution in [3.05, 3.63) is 18.2 Å². The van der Waals surface area contributed by atoms with Gasteiger partial charge in [0.1, 0.15) is 11.5 Å². The van der Waals surface area contributed by atoms with Gasteiger partial charge in [0.25, 0.3) is 0 Å². The zero-order valence-electron chi connectivity index (χ0n) is 12.0. The van der Waals surface area contributed by atoms with Crippen molar-refractivity contribution < 1.29 is 19.1 Å². The molecule has 1 heterocycles. The van der Waals surface area contributed by atoms with Gasteiger partial charge >= 0.3 is 0 Å². The van der Waals surface area contributed by atoms with Crippen molar-refractivity contribution in [2.24, 2.45) is 0 Å². The highest BCUT2D eigenvalue weighted by molar-refractivity contribution is 8.00. The number of carbonyl (C=O) groups is 2. The molecule has 2 N–H and O–H groups in total. The lowest BCUT2D eigenvalue weighted by atomic mass is 10.2. The van der Waals surface area contributed by atoms with Crippen molar-refractivity contribution in [3.63, 3.8) is 0 Å². The van der Waals surface area contributed by atoms with Crippen LogP contribution in [0.4, 0.5) is 5.69 Å². The first kappa shape index (κ1) is 15.5. The fourth-order valence-electron chi connectivity index (χ4n) is 2.00. The molecule has 0 aromatic heterocycles. The molecule has 0 spiro atoms. The number of thioether (sulfide) groups is 1. The number of hydrogen-bond donors (Lipinski definition) is 2. The number of carbonyl (C=O) groups excluding carboxylic acids is 2. The molecule has 1 aromatic rings. The fraction of sp³-hybridized carbons (Fsp3) is 0.429. The summed E-state index contributed by atoms with van der Waals surface area (Å²) in [6.45, 7) is 0.658. The standard InChI is InChI=1S/C14H18N2O4S/c1-19-9-3-4-11(20-2)10(7-9)16-13(17)8-12-14(18)15-5-6-21-12/h3-4,7,12H,5-6,8H2,1-2H3,(H,15,18)(H,16,17)/t12-/m0/s1. The van der Waals surface area contributed by atoms with Crippen molar-refractivity contribution >= 4 is 29.3 Å². The van der Waals surface area contributed by atoms with E-state index in [0.29, 0.717) is 23.7 Å². The van der Waals surface area contributed by atoms with E-state index in [9.17, 15) is 9.59 Å². The molecule has 0 aliphatic carbocycles. The van der Waals surface area contributed by atoms with Gasteiger partial charge in [-0.05, 0) is 12.1 Å². The third-order valence-electron chi connectivity index (χ3n) is 3.06. The molecule has 1 aliphatic heterocycles. The summed E-state index contributed by atoms with van der Waals surface area (Å²) in [6.07, 6.45) is 0.136. The summed E-state index contributed by atoms with van der Waals surface area (Å²) in [7, 11) is 3.08. The molecule has 6 nitrogen and oxygen atoms in total. The average Bonchev–Trinajstić information content (AvgIpc) is 2.49. The van der Waals surface area contributed by atoms with Crippen LogP contribution >= 0.6 is 11.8 Å². The number of anilines is 1. The van der Waals surface area contributed by atoms with Crippen LogP contribution in [0.5, 0.6) is 11.5 Å². The van der Waals surface area contributed by atoms with Crippen LogP contribution in [0.25, 0.3) is 0 Å². The molecule has 2 rings (SSSR count). The van der Waals surface area contributed by atoms with Crippen molar-refractivity contribution in [2.75, 3.05) is 31.8 Å². The minimum Gasteiger partial charge on any atom is -0.497 e. The second-order valence-corrected chi connectivity index (χ2v) is 5.78. The van der Waals surface area contributed by atoms with Crippen LogP contribution in [-0.4, -0.2) is 43.6 Å². The molecule has 7 heteroatoms. The minimum atomic E-state index is -0.338. The lowest BCUT2D eigenvalue weighted by Gasteiger charge is -2.21. The third-order valence-corrected chi connectivity index (χ3v) is 4.29. The van der Waals surface area contributed by atoms with Crippen LogP contribution in [0.3, 0.4) is 0 Å². The summed E-state index contributed by atoms with van der Waals surface area (Å²) in [6, 6.07) is 5.15. The summed E-state index contributed by atoms with van der Waals surface area (Å²) < 4.78 is 10.3. The molecule has 1 aromatic carbocycles. The van der Waals surface area contributed by atoms with Gasteiger partial charge in [-0.1, -0.05) is 0 Å². The van der Waals surface area contributed by atoms with Gasteiger partial charge < -0.3 is 20.1 Å². The van der Waals surface area contributed by atoms with Crippen LogP contribution in [0.15, 0.2) is 18.2 Å². The predicted molar refractivity (Wildman–Crippen MR) is 82.0 cm³/mol. The molecule has 1 atom stereocenters. The minimum absolute atomic E-state index is 0.0843. The van der Waals surface area contributed by atoms with Gasteiger partial charge in [0.15, 0.2) is 0 Å². The average molecular weight is 310 g/mol. The zero-order chi connectivity index (χ0) is 15.2. The van der Waals surface area contributed by atoms with Gasteiger partial charge in [0.2, 0.25) is 11.8 Å². The van der Waals surface area contributed by atoms with E-state index in [2.05, 4.69) is 10.6 Å². The Morgan fingerprint density at radius 3 is 2.90 bits per heavy atom. The van der Waals surface area contributed by atoms with E-state index in [4.69, 9.17) is 9.47 Å². The maximum absolute atomic E-state index is 12.1. The number of hydrogen-bond acceptors (Lipinski definition) is 5. The van der Waals surface area contributed by atoms with Crippen molar-refractivity contribution in [2.45, 2.75) is 11.7 Å². The second-order valence-electron chi connectivity index (χ2n) is 4.47. The number of benzene rings is 1. The van der Waals surface area contributed by atoms with Crippen LogP contribution < -0.4 is 20.1 Å². The Hall–Kier alpha value is -1.89. The van der Waals surface area contributed by atoms with Crippen LogP contribution in [-0.2, 0) is 9.59 Å². The van der Waals surface area contributed by atoms with E-state index in [1.807, 2.05) is 0 Å². The van der Waals surface area contributed by atoms with Gasteiger partial charge in [0.05, 0.1) is 25.2 Å². The summed E-state index contributed by atoms with van der Waals surface area (Å²) in [5.41, 5.74) is 0.531. The maximum Gasteiger partial charge on any atom is 0.233 e. The molecule has 0 saturated carbocycles. The van der Waals surface area contributed by atoms with E-state index in [0.717, 1.165) is 5.75 Å². The molecule has 21 heavy (non-hydrogen) atoms. The highest BCUT2D eigenvalue weighted by Crippen LogP contribution is 2.29. The number of methoxy groups -OCH3 is 2. The molecular formula is C14H18N2O4S. The predicted octanol–water partition coefficient (Wildman–Crippen LogP) is 1.26. The Bertz CT molecular complexity index is 536. The van der Waals surface area contributed by atoms with Gasteiger partial charge in [-0.2, -0.15) is 0 Å². The van der Waals surface area contributed by atoms with E-state index >= 15 is 0 Å². The molecule has 1 aliphatic rings. The molecule has 2 amide bonds. The van der Waals surface area contributed by atoms with Gasteiger partial charge in [-0.3, -0.25) is 9.59 Å². The molecule has 114 valence electrons. The van der Waals surface area contributed by atoms with Crippen LogP contribution in [0, 0.1) is 0 Å². The number of rotatable bonds is 5. The Morgan fingerprint density at radius 1 is 1.43 bits per heavy atom. The second kappa shape index (κ2) is 7.21. The zero-order valence-corrected chi connectivity index (χ0v) is 12.8. The number of ether oxygens (including phenoxy) is 2. The lowest BCUT2D eigenvalue weighted by molar-refractivity contribution is -0.123. The Balaban J connectivity index is 2.03. The van der Waals surface area contributed by atoms with E-state index in [1.54, 1.807) is 25.3 Å². The topological polar surface area (TPSA) is 76.7 Å². The van der Waals surface area contributed by atoms with Gasteiger partial charge in [0, 0.05) is 24.8 Å². The lowest BCUT2D eigenvalue weighted by Crippen LogP contribution is -2.40. The summed E-state index contributed by atoms with van der Waals surface area (Å²) in [4.78, 5) is 23.7. The molecule has 0 bridgehead atoms. The van der Waals surface area contributed by atoms with Crippen LogP contribution in [0.1, 0.15) is 6.42 Å². The maximum atomic E-state index is 12.1. The van der Waals surface area contributed by atoms with Gasteiger partial charge in [-0.15, -0.1) is 11.8 Å². The first-order chi connectivity index (χ1) is 10.1. The summed E-state index contributed by atoms with van der Waals surface area (Å²) >= 11 is 1.50. The highest BCUT2D eigenvalue weighted by Gasteiger charge is 2.25. The van der Waals surface area contributed by atoms with Crippen molar-refractivity contribution in [1.82, 2.24) is 5.32 Å². The summed E-state index contributed by atoms with van der Waals surface area (Å²) in [5.74, 6) is 1.68. The normalized spacial score (nSPS) is 17.8. The van der Waals surface area contributed by atoms with Gasteiger partial charge in [-0.25, -0.2) is 0 Å².